The van der Waals surface area contributed by atoms with Crippen molar-refractivity contribution < 1.29 is 19.0 Å². The first-order valence-corrected chi connectivity index (χ1v) is 5.39. The maximum absolute atomic E-state index is 13.0. The quantitative estimate of drug-likeness (QED) is 0.788. The molecule has 0 aliphatic rings. The number of aliphatic hydroxyl groups is 1. The minimum Gasteiger partial charge on any atom is -0.490 e. The van der Waals surface area contributed by atoms with Crippen molar-refractivity contribution in [3.05, 3.63) is 29.6 Å². The Balaban J connectivity index is 2.70. The maximum atomic E-state index is 13.0. The van der Waals surface area contributed by atoms with Crippen LogP contribution in [0.2, 0.25) is 0 Å². The fraction of sp³-hybridized carbons (Fsp3) is 0.500. The third-order valence-corrected chi connectivity index (χ3v) is 2.25. The summed E-state index contributed by atoms with van der Waals surface area (Å²) in [5, 5.41) is 9.44. The standard InChI is InChI=1S/C12H18FNO3/c1-8(14)11-5-9(13)3-4-12(11)17-7-10(15)6-16-2/h3-5,8,10,15H,6-7,14H2,1-2H3. The number of rotatable bonds is 6. The lowest BCUT2D eigenvalue weighted by Gasteiger charge is -2.16. The van der Waals surface area contributed by atoms with E-state index in [4.69, 9.17) is 15.2 Å². The molecule has 2 atom stereocenters. The molecule has 3 N–H and O–H groups in total. The van der Waals surface area contributed by atoms with Gasteiger partial charge in [0.15, 0.2) is 0 Å². The molecule has 0 aliphatic carbocycles. The number of halogens is 1. The molecule has 0 aromatic heterocycles. The molecule has 0 saturated heterocycles. The van der Waals surface area contributed by atoms with Gasteiger partial charge in [-0.25, -0.2) is 4.39 Å². The Morgan fingerprint density at radius 3 is 2.71 bits per heavy atom. The van der Waals surface area contributed by atoms with Gasteiger partial charge in [-0.15, -0.1) is 0 Å². The van der Waals surface area contributed by atoms with E-state index in [1.807, 2.05) is 0 Å². The van der Waals surface area contributed by atoms with Gasteiger partial charge in [0.2, 0.25) is 0 Å². The van der Waals surface area contributed by atoms with Crippen LogP contribution in [0, 0.1) is 5.82 Å². The first-order chi connectivity index (χ1) is 8.04. The van der Waals surface area contributed by atoms with Gasteiger partial charge in [-0.3, -0.25) is 0 Å². The van der Waals surface area contributed by atoms with Crippen molar-refractivity contribution in [3.8, 4) is 5.75 Å². The molecule has 4 nitrogen and oxygen atoms in total. The predicted molar refractivity (Wildman–Crippen MR) is 62.4 cm³/mol. The fourth-order valence-electron chi connectivity index (χ4n) is 1.43. The normalized spacial score (nSPS) is 14.4. The highest BCUT2D eigenvalue weighted by Gasteiger charge is 2.11. The van der Waals surface area contributed by atoms with E-state index in [-0.39, 0.29) is 25.1 Å². The Bertz CT molecular complexity index is 358. The third kappa shape index (κ3) is 4.30. The van der Waals surface area contributed by atoms with Crippen LogP contribution < -0.4 is 10.5 Å². The molecule has 1 rings (SSSR count). The Hall–Kier alpha value is -1.17. The minimum atomic E-state index is -0.717. The summed E-state index contributed by atoms with van der Waals surface area (Å²) in [5.41, 5.74) is 6.29. The molecule has 0 fully saturated rings. The van der Waals surface area contributed by atoms with Gasteiger partial charge in [0, 0.05) is 18.7 Å². The summed E-state index contributed by atoms with van der Waals surface area (Å²) < 4.78 is 23.2. The Morgan fingerprint density at radius 1 is 1.41 bits per heavy atom. The van der Waals surface area contributed by atoms with Crippen LogP contribution in [0.4, 0.5) is 4.39 Å². The lowest BCUT2D eigenvalue weighted by Crippen LogP contribution is -2.23. The molecular weight excluding hydrogens is 225 g/mol. The van der Waals surface area contributed by atoms with E-state index < -0.39 is 6.10 Å². The Kier molecular flexibility index (Phi) is 5.34. The van der Waals surface area contributed by atoms with Crippen molar-refractivity contribution in [2.24, 2.45) is 5.73 Å². The van der Waals surface area contributed by atoms with Crippen molar-refractivity contribution in [1.29, 1.82) is 0 Å². The molecule has 0 amide bonds. The second-order valence-corrected chi connectivity index (χ2v) is 3.89. The van der Waals surface area contributed by atoms with E-state index in [0.717, 1.165) is 0 Å². The summed E-state index contributed by atoms with van der Waals surface area (Å²) in [6.07, 6.45) is -0.717. The van der Waals surface area contributed by atoms with Gasteiger partial charge < -0.3 is 20.3 Å². The summed E-state index contributed by atoms with van der Waals surface area (Å²) in [4.78, 5) is 0. The van der Waals surface area contributed by atoms with Gasteiger partial charge in [-0.1, -0.05) is 0 Å². The fourth-order valence-corrected chi connectivity index (χ4v) is 1.43. The molecule has 96 valence electrons. The number of benzene rings is 1. The molecule has 1 aromatic carbocycles. The van der Waals surface area contributed by atoms with Gasteiger partial charge in [-0.2, -0.15) is 0 Å². The highest BCUT2D eigenvalue weighted by Crippen LogP contribution is 2.24. The average Bonchev–Trinajstić information content (AvgIpc) is 2.27. The molecule has 0 aliphatic heterocycles. The zero-order chi connectivity index (χ0) is 12.8. The molecule has 0 spiro atoms. The summed E-state index contributed by atoms with van der Waals surface area (Å²) in [5.74, 6) is 0.124. The number of hydrogen-bond acceptors (Lipinski definition) is 4. The minimum absolute atomic E-state index is 0.0825. The van der Waals surface area contributed by atoms with Gasteiger partial charge in [0.1, 0.15) is 24.3 Å². The predicted octanol–water partition coefficient (Wildman–Crippen LogP) is 1.23. The second kappa shape index (κ2) is 6.54. The molecular formula is C12H18FNO3. The monoisotopic (exact) mass is 243 g/mol. The molecule has 5 heteroatoms. The number of aliphatic hydroxyl groups excluding tert-OH is 1. The van der Waals surface area contributed by atoms with Crippen LogP contribution in [0.5, 0.6) is 5.75 Å². The van der Waals surface area contributed by atoms with E-state index in [0.29, 0.717) is 11.3 Å². The molecule has 2 unspecified atom stereocenters. The highest BCUT2D eigenvalue weighted by atomic mass is 19.1. The smallest absolute Gasteiger partial charge is 0.124 e. The van der Waals surface area contributed by atoms with Crippen molar-refractivity contribution in [2.45, 2.75) is 19.1 Å². The lowest BCUT2D eigenvalue weighted by atomic mass is 10.1. The van der Waals surface area contributed by atoms with E-state index in [2.05, 4.69) is 0 Å². The van der Waals surface area contributed by atoms with Crippen LogP contribution >= 0.6 is 0 Å². The molecule has 1 aromatic rings. The molecule has 17 heavy (non-hydrogen) atoms. The van der Waals surface area contributed by atoms with Crippen LogP contribution in [-0.4, -0.2) is 31.5 Å². The van der Waals surface area contributed by atoms with Crippen molar-refractivity contribution in [1.82, 2.24) is 0 Å². The zero-order valence-electron chi connectivity index (χ0n) is 10.0. The average molecular weight is 243 g/mol. The second-order valence-electron chi connectivity index (χ2n) is 3.89. The van der Waals surface area contributed by atoms with E-state index >= 15 is 0 Å². The van der Waals surface area contributed by atoms with Crippen LogP contribution in [0.1, 0.15) is 18.5 Å². The summed E-state index contributed by atoms with van der Waals surface area (Å²) >= 11 is 0. The van der Waals surface area contributed by atoms with Gasteiger partial charge in [0.05, 0.1) is 6.61 Å². The lowest BCUT2D eigenvalue weighted by molar-refractivity contribution is 0.0322. The Labute approximate surface area is 100 Å². The third-order valence-electron chi connectivity index (χ3n) is 2.25. The first kappa shape index (κ1) is 13.9. The number of ether oxygens (including phenoxy) is 2. The van der Waals surface area contributed by atoms with Crippen molar-refractivity contribution in [2.75, 3.05) is 20.3 Å². The number of hydrogen-bond donors (Lipinski definition) is 2. The first-order valence-electron chi connectivity index (χ1n) is 5.39. The summed E-state index contributed by atoms with van der Waals surface area (Å²) in [7, 11) is 1.49. The molecule has 0 saturated carbocycles. The van der Waals surface area contributed by atoms with E-state index in [1.165, 1.54) is 25.3 Å². The van der Waals surface area contributed by atoms with Crippen LogP contribution in [0.3, 0.4) is 0 Å². The van der Waals surface area contributed by atoms with Crippen LogP contribution in [0.25, 0.3) is 0 Å². The Morgan fingerprint density at radius 2 is 2.12 bits per heavy atom. The summed E-state index contributed by atoms with van der Waals surface area (Å²) in [6, 6.07) is 3.81. The maximum Gasteiger partial charge on any atom is 0.124 e. The topological polar surface area (TPSA) is 64.7 Å². The van der Waals surface area contributed by atoms with E-state index in [9.17, 15) is 9.50 Å². The van der Waals surface area contributed by atoms with Crippen LogP contribution in [-0.2, 0) is 4.74 Å². The van der Waals surface area contributed by atoms with Crippen LogP contribution in [0.15, 0.2) is 18.2 Å². The molecule has 0 bridgehead atoms. The highest BCUT2D eigenvalue weighted by molar-refractivity contribution is 5.36. The number of nitrogens with two attached hydrogens (primary N) is 1. The zero-order valence-corrected chi connectivity index (χ0v) is 10.0. The van der Waals surface area contributed by atoms with Gasteiger partial charge in [0.25, 0.3) is 0 Å². The number of methoxy groups -OCH3 is 1. The van der Waals surface area contributed by atoms with Gasteiger partial charge >= 0.3 is 0 Å². The van der Waals surface area contributed by atoms with E-state index in [1.54, 1.807) is 6.92 Å². The van der Waals surface area contributed by atoms with Gasteiger partial charge in [-0.05, 0) is 25.1 Å². The SMILES string of the molecule is COCC(O)COc1ccc(F)cc1C(C)N. The summed E-state index contributed by atoms with van der Waals surface area (Å²) in [6.45, 7) is 2.01. The molecule has 0 heterocycles. The largest absolute Gasteiger partial charge is 0.490 e. The molecule has 0 radical (unpaired) electrons. The van der Waals surface area contributed by atoms with Crippen molar-refractivity contribution >= 4 is 0 Å². The van der Waals surface area contributed by atoms with Crippen molar-refractivity contribution in [3.63, 3.8) is 0 Å².